The van der Waals surface area contributed by atoms with E-state index >= 15 is 0 Å². The Morgan fingerprint density at radius 1 is 1.40 bits per heavy atom. The number of carbonyl (C=O) groups excluding carboxylic acids is 1. The number of ketones is 1. The van der Waals surface area contributed by atoms with Crippen LogP contribution in [0.1, 0.15) is 27.1 Å². The molecule has 0 aliphatic carbocycles. The van der Waals surface area contributed by atoms with Crippen LogP contribution in [0.4, 0.5) is 5.13 Å². The first-order valence-electron chi connectivity index (χ1n) is 5.54. The molecule has 1 rings (SSSR count). The van der Waals surface area contributed by atoms with E-state index in [4.69, 9.17) is 5.11 Å². The zero-order valence-corrected chi connectivity index (χ0v) is 12.8. The smallest absolute Gasteiger partial charge is 0.356 e. The molecule has 0 saturated carbocycles. The highest BCUT2D eigenvalue weighted by Crippen LogP contribution is 2.23. The van der Waals surface area contributed by atoms with E-state index in [1.807, 2.05) is 0 Å². The first-order chi connectivity index (χ1) is 9.15. The lowest BCUT2D eigenvalue weighted by Gasteiger charge is -2.10. The van der Waals surface area contributed by atoms with Gasteiger partial charge >= 0.3 is 5.97 Å². The quantitative estimate of drug-likeness (QED) is 0.696. The molecule has 2 N–H and O–H groups in total. The summed E-state index contributed by atoms with van der Waals surface area (Å²) in [4.78, 5) is 26.0. The molecular formula is C10H15N3O5S2. The number of anilines is 1. The van der Waals surface area contributed by atoms with E-state index in [1.165, 1.54) is 21.0 Å². The average molecular weight is 321 g/mol. The van der Waals surface area contributed by atoms with Gasteiger partial charge in [-0.2, -0.15) is 0 Å². The summed E-state index contributed by atoms with van der Waals surface area (Å²) in [5.41, 5.74) is -0.319. The molecule has 112 valence electrons. The molecule has 20 heavy (non-hydrogen) atoms. The molecule has 1 aromatic heterocycles. The van der Waals surface area contributed by atoms with Crippen molar-refractivity contribution in [3.05, 3.63) is 10.6 Å². The van der Waals surface area contributed by atoms with Crippen LogP contribution in [0.3, 0.4) is 0 Å². The number of carboxylic acids is 1. The van der Waals surface area contributed by atoms with Gasteiger partial charge in [0.1, 0.15) is 4.88 Å². The first kappa shape index (κ1) is 16.5. The Balaban J connectivity index is 2.78. The third kappa shape index (κ3) is 3.99. The van der Waals surface area contributed by atoms with Gasteiger partial charge in [0.15, 0.2) is 16.6 Å². The number of aromatic nitrogens is 1. The molecule has 0 atom stereocenters. The van der Waals surface area contributed by atoms with Gasteiger partial charge in [0.05, 0.1) is 5.75 Å². The normalized spacial score (nSPS) is 11.6. The summed E-state index contributed by atoms with van der Waals surface area (Å²) in [6.07, 6.45) is 0. The van der Waals surface area contributed by atoms with Gasteiger partial charge in [-0.25, -0.2) is 22.5 Å². The number of thiazole rings is 1. The summed E-state index contributed by atoms with van der Waals surface area (Å²) < 4.78 is 24.2. The number of carbonyl (C=O) groups is 2. The SMILES string of the molecule is CC(=O)c1sc(NCCS(=O)(=O)N(C)C)nc1C(=O)O. The molecule has 0 unspecified atom stereocenters. The van der Waals surface area contributed by atoms with E-state index in [2.05, 4.69) is 10.3 Å². The van der Waals surface area contributed by atoms with Crippen LogP contribution in [-0.4, -0.2) is 61.0 Å². The molecule has 1 aromatic rings. The predicted octanol–water partition coefficient (Wildman–Crippen LogP) is 0.347. The lowest BCUT2D eigenvalue weighted by atomic mass is 10.3. The minimum absolute atomic E-state index is 0.0375. The lowest BCUT2D eigenvalue weighted by molar-refractivity contribution is 0.0687. The van der Waals surface area contributed by atoms with Crippen molar-refractivity contribution in [2.24, 2.45) is 0 Å². The lowest BCUT2D eigenvalue weighted by Crippen LogP contribution is -2.28. The van der Waals surface area contributed by atoms with Crippen molar-refractivity contribution in [1.29, 1.82) is 0 Å². The van der Waals surface area contributed by atoms with Crippen molar-refractivity contribution in [2.75, 3.05) is 31.7 Å². The highest BCUT2D eigenvalue weighted by atomic mass is 32.2. The van der Waals surface area contributed by atoms with Gasteiger partial charge in [-0.15, -0.1) is 0 Å². The number of Topliss-reactive ketones (excluding diaryl/α,β-unsaturated/α-hetero) is 1. The van der Waals surface area contributed by atoms with Crippen LogP contribution >= 0.6 is 11.3 Å². The van der Waals surface area contributed by atoms with Crippen LogP contribution in [0.5, 0.6) is 0 Å². The standard InChI is InChI=1S/C10H15N3O5S2/c1-6(14)8-7(9(15)16)12-10(19-8)11-4-5-20(17,18)13(2)3/h4-5H2,1-3H3,(H,11,12)(H,15,16). The van der Waals surface area contributed by atoms with Crippen molar-refractivity contribution in [1.82, 2.24) is 9.29 Å². The van der Waals surface area contributed by atoms with E-state index in [1.54, 1.807) is 0 Å². The minimum Gasteiger partial charge on any atom is -0.476 e. The van der Waals surface area contributed by atoms with Gasteiger partial charge in [-0.3, -0.25) is 4.79 Å². The molecular weight excluding hydrogens is 306 g/mol. The monoisotopic (exact) mass is 321 g/mol. The van der Waals surface area contributed by atoms with Crippen LogP contribution in [0.15, 0.2) is 0 Å². The Kier molecular flexibility index (Phi) is 5.20. The van der Waals surface area contributed by atoms with E-state index < -0.39 is 21.8 Å². The topological polar surface area (TPSA) is 117 Å². The first-order valence-corrected chi connectivity index (χ1v) is 7.97. The van der Waals surface area contributed by atoms with Crippen molar-refractivity contribution in [3.63, 3.8) is 0 Å². The Labute approximate surface area is 120 Å². The van der Waals surface area contributed by atoms with Crippen LogP contribution in [0.25, 0.3) is 0 Å². The van der Waals surface area contributed by atoms with Gasteiger partial charge in [-0.05, 0) is 0 Å². The maximum atomic E-state index is 11.5. The van der Waals surface area contributed by atoms with Crippen molar-refractivity contribution >= 4 is 38.2 Å². The predicted molar refractivity (Wildman–Crippen MR) is 75.0 cm³/mol. The van der Waals surface area contributed by atoms with Crippen molar-refractivity contribution < 1.29 is 23.1 Å². The van der Waals surface area contributed by atoms with Crippen LogP contribution in [0.2, 0.25) is 0 Å². The molecule has 8 nitrogen and oxygen atoms in total. The molecule has 0 spiro atoms. The van der Waals surface area contributed by atoms with E-state index in [0.717, 1.165) is 15.6 Å². The van der Waals surface area contributed by atoms with Gasteiger partial charge < -0.3 is 10.4 Å². The fraction of sp³-hybridized carbons (Fsp3) is 0.500. The Morgan fingerprint density at radius 2 is 2.00 bits per heavy atom. The largest absolute Gasteiger partial charge is 0.476 e. The van der Waals surface area contributed by atoms with Crippen molar-refractivity contribution in [2.45, 2.75) is 6.92 Å². The molecule has 0 bridgehead atoms. The maximum absolute atomic E-state index is 11.5. The summed E-state index contributed by atoms with van der Waals surface area (Å²) in [6.45, 7) is 1.32. The fourth-order valence-electron chi connectivity index (χ4n) is 1.25. The summed E-state index contributed by atoms with van der Waals surface area (Å²) >= 11 is 0.894. The second-order valence-corrected chi connectivity index (χ2v) is 7.38. The number of hydrogen-bond donors (Lipinski definition) is 2. The third-order valence-electron chi connectivity index (χ3n) is 2.34. The summed E-state index contributed by atoms with van der Waals surface area (Å²) in [6, 6.07) is 0. The molecule has 0 aliphatic rings. The second kappa shape index (κ2) is 6.29. The van der Waals surface area contributed by atoms with E-state index in [0.29, 0.717) is 0 Å². The number of sulfonamides is 1. The van der Waals surface area contributed by atoms with Gasteiger partial charge in [0, 0.05) is 27.6 Å². The number of nitrogens with zero attached hydrogens (tertiary/aromatic N) is 2. The van der Waals surface area contributed by atoms with E-state index in [9.17, 15) is 18.0 Å². The van der Waals surface area contributed by atoms with Gasteiger partial charge in [-0.1, -0.05) is 11.3 Å². The number of hydrogen-bond acceptors (Lipinski definition) is 7. The fourth-order valence-corrected chi connectivity index (χ4v) is 2.85. The number of aromatic carboxylic acids is 1. The van der Waals surface area contributed by atoms with Crippen LogP contribution in [-0.2, 0) is 10.0 Å². The molecule has 0 radical (unpaired) electrons. The highest BCUT2D eigenvalue weighted by molar-refractivity contribution is 7.89. The Morgan fingerprint density at radius 3 is 2.40 bits per heavy atom. The molecule has 0 amide bonds. The molecule has 10 heteroatoms. The maximum Gasteiger partial charge on any atom is 0.356 e. The summed E-state index contributed by atoms with van der Waals surface area (Å²) in [7, 11) is -0.488. The number of nitrogens with one attached hydrogen (secondary N) is 1. The number of rotatable bonds is 7. The zero-order chi connectivity index (χ0) is 15.5. The van der Waals surface area contributed by atoms with Gasteiger partial charge in [0.25, 0.3) is 0 Å². The second-order valence-electron chi connectivity index (χ2n) is 4.08. The highest BCUT2D eigenvalue weighted by Gasteiger charge is 2.21. The van der Waals surface area contributed by atoms with Crippen LogP contribution in [0, 0.1) is 0 Å². The molecule has 0 aromatic carbocycles. The molecule has 0 aliphatic heterocycles. The molecule has 1 heterocycles. The molecule has 0 fully saturated rings. The Bertz CT molecular complexity index is 589. The molecule has 0 saturated heterocycles. The van der Waals surface area contributed by atoms with Crippen molar-refractivity contribution in [3.8, 4) is 0 Å². The van der Waals surface area contributed by atoms with Crippen LogP contribution < -0.4 is 5.32 Å². The van der Waals surface area contributed by atoms with E-state index in [-0.39, 0.29) is 28.0 Å². The Hall–Kier alpha value is -1.52. The minimum atomic E-state index is -3.34. The summed E-state index contributed by atoms with van der Waals surface area (Å²) in [5.74, 6) is -1.84. The average Bonchev–Trinajstić information content (AvgIpc) is 2.73. The summed E-state index contributed by atoms with van der Waals surface area (Å²) in [5, 5.41) is 11.8. The van der Waals surface area contributed by atoms with Gasteiger partial charge in [0.2, 0.25) is 10.0 Å². The number of carboxylic acid groups (broad SMARTS) is 1. The zero-order valence-electron chi connectivity index (χ0n) is 11.2. The third-order valence-corrected chi connectivity index (χ3v) is 5.29.